The third-order valence-electron chi connectivity index (χ3n) is 5.48. The van der Waals surface area contributed by atoms with Crippen LogP contribution in [-0.4, -0.2) is 28.5 Å². The number of pyridine rings is 1. The lowest BCUT2D eigenvalue weighted by molar-refractivity contribution is 0.702. The lowest BCUT2D eigenvalue weighted by Crippen LogP contribution is -2.29. The summed E-state index contributed by atoms with van der Waals surface area (Å²) >= 11 is 6.00. The fourth-order valence-corrected chi connectivity index (χ4v) is 4.13. The van der Waals surface area contributed by atoms with Crippen LogP contribution in [-0.2, 0) is 6.54 Å². The predicted molar refractivity (Wildman–Crippen MR) is 126 cm³/mol. The van der Waals surface area contributed by atoms with Crippen LogP contribution >= 0.6 is 11.6 Å². The van der Waals surface area contributed by atoms with Crippen LogP contribution in [0, 0.1) is 0 Å². The third-order valence-corrected chi connectivity index (χ3v) is 5.71. The van der Waals surface area contributed by atoms with Gasteiger partial charge in [0.15, 0.2) is 11.5 Å². The summed E-state index contributed by atoms with van der Waals surface area (Å²) in [4.78, 5) is 35.3. The summed E-state index contributed by atoms with van der Waals surface area (Å²) in [5, 5.41) is 5.69. The number of nitrogens with zero attached hydrogens (tertiary/aromatic N) is 6. The summed E-state index contributed by atoms with van der Waals surface area (Å²) in [7, 11) is 0. The molecule has 0 radical (unpaired) electrons. The number of fused-ring (bicyclic) bond motifs is 4. The Bertz CT molecular complexity index is 1800. The summed E-state index contributed by atoms with van der Waals surface area (Å²) < 4.78 is 4.23. The Morgan fingerprint density at radius 3 is 2.52 bits per heavy atom. The van der Waals surface area contributed by atoms with Crippen molar-refractivity contribution in [2.45, 2.75) is 6.54 Å². The van der Waals surface area contributed by atoms with Crippen molar-refractivity contribution in [1.29, 1.82) is 0 Å². The van der Waals surface area contributed by atoms with Crippen molar-refractivity contribution < 1.29 is 0 Å². The first-order valence-corrected chi connectivity index (χ1v) is 10.6. The van der Waals surface area contributed by atoms with Gasteiger partial charge in [0.1, 0.15) is 5.65 Å². The minimum atomic E-state index is -0.364. The Labute approximate surface area is 191 Å². The molecule has 4 aromatic heterocycles. The van der Waals surface area contributed by atoms with E-state index >= 15 is 0 Å². The van der Waals surface area contributed by atoms with Gasteiger partial charge in [0.2, 0.25) is 0 Å². The molecule has 0 aliphatic carbocycles. The van der Waals surface area contributed by atoms with Crippen LogP contribution in [0.4, 0.5) is 0 Å². The van der Waals surface area contributed by atoms with Crippen LogP contribution in [0.2, 0.25) is 5.02 Å². The van der Waals surface area contributed by atoms with E-state index in [2.05, 4.69) is 15.1 Å². The Balaban J connectivity index is 1.57. The molecule has 9 heteroatoms. The molecule has 33 heavy (non-hydrogen) atoms. The average Bonchev–Trinajstić information content (AvgIpc) is 3.29. The van der Waals surface area contributed by atoms with Crippen LogP contribution in [0.15, 0.2) is 88.6 Å². The first-order valence-electron chi connectivity index (χ1n) is 10.2. The molecule has 0 atom stereocenters. The van der Waals surface area contributed by atoms with Crippen LogP contribution in [0.3, 0.4) is 0 Å². The van der Waals surface area contributed by atoms with Gasteiger partial charge in [-0.05, 0) is 24.3 Å². The molecule has 0 fully saturated rings. The maximum Gasteiger partial charge on any atom is 0.351 e. The maximum absolute atomic E-state index is 13.5. The molecular formula is C24H15ClN6O2. The molecule has 4 heterocycles. The number of rotatable bonds is 3. The minimum Gasteiger partial charge on any atom is -0.286 e. The topological polar surface area (TPSA) is 86.6 Å². The van der Waals surface area contributed by atoms with E-state index in [1.807, 2.05) is 54.6 Å². The van der Waals surface area contributed by atoms with Crippen molar-refractivity contribution in [2.75, 3.05) is 0 Å². The number of hydrogen-bond acceptors (Lipinski definition) is 5. The molecule has 0 amide bonds. The van der Waals surface area contributed by atoms with Crippen LogP contribution in [0.1, 0.15) is 5.69 Å². The smallest absolute Gasteiger partial charge is 0.286 e. The maximum atomic E-state index is 13.5. The van der Waals surface area contributed by atoms with Crippen molar-refractivity contribution in [3.8, 4) is 11.4 Å². The third kappa shape index (κ3) is 3.19. The van der Waals surface area contributed by atoms with Crippen LogP contribution < -0.4 is 11.2 Å². The number of halogens is 1. The standard InChI is InChI=1S/C24H15ClN6O2/c25-16-10-11-20-26-17(12-21(32)30(20)13-16)14-29-19-9-5-4-8-18(19)23-27-22(28-31(23)24(29)33)15-6-2-1-3-7-15/h1-13H,14H2. The zero-order chi connectivity index (χ0) is 22.5. The van der Waals surface area contributed by atoms with Gasteiger partial charge in [-0.3, -0.25) is 13.8 Å². The summed E-state index contributed by atoms with van der Waals surface area (Å²) in [6.45, 7) is 0.101. The Kier molecular flexibility index (Phi) is 4.34. The van der Waals surface area contributed by atoms with E-state index in [4.69, 9.17) is 11.6 Å². The molecular weight excluding hydrogens is 440 g/mol. The fraction of sp³-hybridized carbons (Fsp3) is 0.0417. The van der Waals surface area contributed by atoms with Crippen LogP contribution in [0.5, 0.6) is 0 Å². The first kappa shape index (κ1) is 19.4. The highest BCUT2D eigenvalue weighted by molar-refractivity contribution is 6.30. The largest absolute Gasteiger partial charge is 0.351 e. The molecule has 6 aromatic rings. The second kappa shape index (κ2) is 7.39. The highest BCUT2D eigenvalue weighted by atomic mass is 35.5. The molecule has 8 nitrogen and oxygen atoms in total. The lowest BCUT2D eigenvalue weighted by Gasteiger charge is -2.11. The molecule has 0 saturated heterocycles. The molecule has 0 aliphatic heterocycles. The van der Waals surface area contributed by atoms with Gasteiger partial charge in [0.25, 0.3) is 5.56 Å². The van der Waals surface area contributed by atoms with E-state index in [0.717, 1.165) is 10.9 Å². The number of hydrogen-bond donors (Lipinski definition) is 0. The van der Waals surface area contributed by atoms with Gasteiger partial charge in [-0.25, -0.2) is 14.8 Å². The normalized spacial score (nSPS) is 11.5. The predicted octanol–water partition coefficient (Wildman–Crippen LogP) is 3.42. The highest BCUT2D eigenvalue weighted by Crippen LogP contribution is 2.21. The summed E-state index contributed by atoms with van der Waals surface area (Å²) in [6.07, 6.45) is 1.52. The molecule has 0 spiro atoms. The lowest BCUT2D eigenvalue weighted by atomic mass is 10.2. The van der Waals surface area contributed by atoms with Gasteiger partial charge >= 0.3 is 5.69 Å². The fourth-order valence-electron chi connectivity index (χ4n) is 3.97. The zero-order valence-electron chi connectivity index (χ0n) is 17.1. The van der Waals surface area contributed by atoms with Crippen LogP contribution in [0.25, 0.3) is 33.6 Å². The molecule has 0 unspecified atom stereocenters. The number of para-hydroxylation sites is 1. The molecule has 0 aliphatic rings. The monoisotopic (exact) mass is 454 g/mol. The van der Waals surface area contributed by atoms with Gasteiger partial charge in [0, 0.05) is 23.2 Å². The molecule has 0 saturated carbocycles. The molecule has 0 N–H and O–H groups in total. The van der Waals surface area contributed by atoms with Crippen molar-refractivity contribution in [1.82, 2.24) is 28.5 Å². The Hall–Kier alpha value is -4.30. The van der Waals surface area contributed by atoms with E-state index in [1.54, 1.807) is 16.7 Å². The Morgan fingerprint density at radius 2 is 1.67 bits per heavy atom. The van der Waals surface area contributed by atoms with E-state index in [1.165, 1.54) is 21.2 Å². The summed E-state index contributed by atoms with van der Waals surface area (Å²) in [6, 6.07) is 21.7. The van der Waals surface area contributed by atoms with Crippen molar-refractivity contribution >= 4 is 33.8 Å². The van der Waals surface area contributed by atoms with E-state index in [9.17, 15) is 9.59 Å². The van der Waals surface area contributed by atoms with Gasteiger partial charge < -0.3 is 0 Å². The molecule has 6 rings (SSSR count). The van der Waals surface area contributed by atoms with Crippen molar-refractivity contribution in [3.63, 3.8) is 0 Å². The molecule has 160 valence electrons. The molecule has 0 bridgehead atoms. The van der Waals surface area contributed by atoms with E-state index in [0.29, 0.717) is 33.4 Å². The molecule has 2 aromatic carbocycles. The van der Waals surface area contributed by atoms with Crippen molar-refractivity contribution in [2.24, 2.45) is 0 Å². The van der Waals surface area contributed by atoms with Gasteiger partial charge in [-0.15, -0.1) is 5.10 Å². The van der Waals surface area contributed by atoms with E-state index < -0.39 is 0 Å². The van der Waals surface area contributed by atoms with Gasteiger partial charge in [-0.2, -0.15) is 4.52 Å². The average molecular weight is 455 g/mol. The Morgan fingerprint density at radius 1 is 0.879 bits per heavy atom. The summed E-state index contributed by atoms with van der Waals surface area (Å²) in [5.41, 5.74) is 2.25. The van der Waals surface area contributed by atoms with Gasteiger partial charge in [-0.1, -0.05) is 54.1 Å². The second-order valence-corrected chi connectivity index (χ2v) is 8.02. The van der Waals surface area contributed by atoms with Gasteiger partial charge in [0.05, 0.1) is 22.8 Å². The quantitative estimate of drug-likeness (QED) is 0.409. The SMILES string of the molecule is O=c1cc(Cn2c(=O)n3nc(-c4ccccc4)nc3c3ccccc32)nc2ccc(Cl)cn12. The van der Waals surface area contributed by atoms with E-state index in [-0.39, 0.29) is 17.8 Å². The number of aromatic nitrogens is 6. The zero-order valence-corrected chi connectivity index (χ0v) is 17.8. The van der Waals surface area contributed by atoms with Crippen molar-refractivity contribution in [3.05, 3.63) is 111 Å². The second-order valence-electron chi connectivity index (χ2n) is 7.58. The number of benzene rings is 2. The highest BCUT2D eigenvalue weighted by Gasteiger charge is 2.16. The minimum absolute atomic E-state index is 0.101. The first-order chi connectivity index (χ1) is 16.1. The summed E-state index contributed by atoms with van der Waals surface area (Å²) in [5.74, 6) is 0.467.